The molecule has 0 atom stereocenters. The van der Waals surface area contributed by atoms with E-state index in [1.165, 1.54) is 7.11 Å². The molecule has 0 aliphatic rings. The minimum absolute atomic E-state index is 0.177. The maximum absolute atomic E-state index is 10.7. The molecule has 0 aromatic carbocycles. The second-order valence-electron chi connectivity index (χ2n) is 3.38. The van der Waals surface area contributed by atoms with Gasteiger partial charge < -0.3 is 4.74 Å². The molecule has 0 aliphatic carbocycles. The van der Waals surface area contributed by atoms with Crippen LogP contribution >= 0.6 is 0 Å². The third-order valence-electron chi connectivity index (χ3n) is 2.01. The Morgan fingerprint density at radius 1 is 1.13 bits per heavy atom. The molecule has 1 N–H and O–H groups in total. The van der Waals surface area contributed by atoms with Gasteiger partial charge >= 0.3 is 5.97 Å². The third kappa shape index (κ3) is 11.3. The summed E-state index contributed by atoms with van der Waals surface area (Å²) in [5.74, 6) is -0.391. The first-order valence-corrected chi connectivity index (χ1v) is 6.58. The number of rotatable bonds is 8. The maximum atomic E-state index is 10.7. The molecule has 0 aliphatic heterocycles. The molecule has 6 heteroatoms. The monoisotopic (exact) mass is 238 g/mol. The summed E-state index contributed by atoms with van der Waals surface area (Å²) in [7, 11) is -2.45. The molecule has 0 radical (unpaired) electrons. The van der Waals surface area contributed by atoms with Crippen LogP contribution in [0.25, 0.3) is 0 Å². The summed E-state index contributed by atoms with van der Waals surface area (Å²) in [5, 5.41) is 0. The quantitative estimate of drug-likeness (QED) is 0.392. The molecule has 0 spiro atoms. The van der Waals surface area contributed by atoms with Gasteiger partial charge in [-0.2, -0.15) is 8.42 Å². The number of esters is 1. The first-order valence-electron chi connectivity index (χ1n) is 4.97. The van der Waals surface area contributed by atoms with Crippen LogP contribution in [0.3, 0.4) is 0 Å². The smallest absolute Gasteiger partial charge is 0.305 e. The number of methoxy groups -OCH3 is 1. The Balaban J connectivity index is 3.23. The second kappa shape index (κ2) is 7.64. The lowest BCUT2D eigenvalue weighted by Crippen LogP contribution is -2.03. The molecule has 0 fully saturated rings. The molecule has 0 aromatic heterocycles. The molecule has 5 nitrogen and oxygen atoms in total. The van der Waals surface area contributed by atoms with Crippen molar-refractivity contribution in [1.29, 1.82) is 0 Å². The van der Waals surface area contributed by atoms with E-state index in [0.29, 0.717) is 12.8 Å². The SMILES string of the molecule is COC(=O)CCCCCCCS(=O)(=O)O. The van der Waals surface area contributed by atoms with Crippen molar-refractivity contribution < 1.29 is 22.5 Å². The highest BCUT2D eigenvalue weighted by atomic mass is 32.2. The van der Waals surface area contributed by atoms with Gasteiger partial charge in [-0.3, -0.25) is 9.35 Å². The largest absolute Gasteiger partial charge is 0.469 e. The Kier molecular flexibility index (Phi) is 7.33. The molecule has 0 heterocycles. The zero-order valence-electron chi connectivity index (χ0n) is 8.94. The molecule has 15 heavy (non-hydrogen) atoms. The van der Waals surface area contributed by atoms with Crippen LogP contribution in [-0.4, -0.2) is 31.8 Å². The van der Waals surface area contributed by atoms with E-state index in [0.717, 1.165) is 25.7 Å². The van der Waals surface area contributed by atoms with Gasteiger partial charge in [-0.15, -0.1) is 0 Å². The molecule has 0 saturated heterocycles. The lowest BCUT2D eigenvalue weighted by atomic mass is 10.1. The summed E-state index contributed by atoms with van der Waals surface area (Å²) >= 11 is 0. The van der Waals surface area contributed by atoms with Crippen LogP contribution in [-0.2, 0) is 19.6 Å². The van der Waals surface area contributed by atoms with E-state index in [1.54, 1.807) is 0 Å². The summed E-state index contributed by atoms with van der Waals surface area (Å²) in [6, 6.07) is 0. The predicted molar refractivity (Wildman–Crippen MR) is 56.1 cm³/mol. The lowest BCUT2D eigenvalue weighted by molar-refractivity contribution is -0.140. The summed E-state index contributed by atoms with van der Waals surface area (Å²) in [5.41, 5.74) is 0. The number of ether oxygens (including phenoxy) is 1. The van der Waals surface area contributed by atoms with E-state index in [-0.39, 0.29) is 11.7 Å². The number of carbonyl (C=O) groups excluding carboxylic acids is 1. The van der Waals surface area contributed by atoms with Crippen molar-refractivity contribution >= 4 is 16.1 Å². The van der Waals surface area contributed by atoms with Gasteiger partial charge in [0, 0.05) is 6.42 Å². The maximum Gasteiger partial charge on any atom is 0.305 e. The minimum Gasteiger partial charge on any atom is -0.469 e. The van der Waals surface area contributed by atoms with E-state index < -0.39 is 10.1 Å². The average molecular weight is 238 g/mol. The van der Waals surface area contributed by atoms with Crippen LogP contribution in [0, 0.1) is 0 Å². The topological polar surface area (TPSA) is 80.7 Å². The highest BCUT2D eigenvalue weighted by molar-refractivity contribution is 7.85. The predicted octanol–water partition coefficient (Wildman–Crippen LogP) is 1.39. The van der Waals surface area contributed by atoms with Gasteiger partial charge in [-0.05, 0) is 12.8 Å². The van der Waals surface area contributed by atoms with E-state index in [9.17, 15) is 13.2 Å². The fraction of sp³-hybridized carbons (Fsp3) is 0.889. The molecule has 0 rings (SSSR count). The van der Waals surface area contributed by atoms with Crippen molar-refractivity contribution in [2.45, 2.75) is 38.5 Å². The van der Waals surface area contributed by atoms with Crippen LogP contribution in [0.5, 0.6) is 0 Å². The van der Waals surface area contributed by atoms with E-state index >= 15 is 0 Å². The van der Waals surface area contributed by atoms with Crippen molar-refractivity contribution in [3.8, 4) is 0 Å². The van der Waals surface area contributed by atoms with E-state index in [2.05, 4.69) is 4.74 Å². The Hall–Kier alpha value is -0.620. The van der Waals surface area contributed by atoms with Crippen LogP contribution in [0.1, 0.15) is 38.5 Å². The van der Waals surface area contributed by atoms with Gasteiger partial charge in [-0.1, -0.05) is 19.3 Å². The molecular formula is C9H18O5S. The lowest BCUT2D eigenvalue weighted by Gasteiger charge is -2.00. The number of unbranched alkanes of at least 4 members (excludes halogenated alkanes) is 4. The molecule has 0 aromatic rings. The molecule has 0 saturated carbocycles. The molecule has 0 amide bonds. The van der Waals surface area contributed by atoms with Crippen molar-refractivity contribution in [2.75, 3.05) is 12.9 Å². The number of hydrogen-bond acceptors (Lipinski definition) is 4. The zero-order chi connectivity index (χ0) is 11.7. The Morgan fingerprint density at radius 2 is 1.67 bits per heavy atom. The first kappa shape index (κ1) is 14.4. The van der Waals surface area contributed by atoms with Crippen LogP contribution in [0.15, 0.2) is 0 Å². The van der Waals surface area contributed by atoms with Gasteiger partial charge in [-0.25, -0.2) is 0 Å². The minimum atomic E-state index is -3.81. The zero-order valence-corrected chi connectivity index (χ0v) is 9.75. The Morgan fingerprint density at radius 3 is 2.20 bits per heavy atom. The van der Waals surface area contributed by atoms with Gasteiger partial charge in [0.1, 0.15) is 0 Å². The molecular weight excluding hydrogens is 220 g/mol. The van der Waals surface area contributed by atoms with Crippen LogP contribution in [0.2, 0.25) is 0 Å². The van der Waals surface area contributed by atoms with E-state index in [4.69, 9.17) is 4.55 Å². The van der Waals surface area contributed by atoms with Crippen LogP contribution < -0.4 is 0 Å². The Labute approximate surface area is 90.6 Å². The Bertz CT molecular complexity index is 270. The van der Waals surface area contributed by atoms with Crippen molar-refractivity contribution in [1.82, 2.24) is 0 Å². The summed E-state index contributed by atoms with van der Waals surface area (Å²) in [6.45, 7) is 0. The van der Waals surface area contributed by atoms with Crippen LogP contribution in [0.4, 0.5) is 0 Å². The van der Waals surface area contributed by atoms with Gasteiger partial charge in [0.2, 0.25) is 0 Å². The van der Waals surface area contributed by atoms with Crippen molar-refractivity contribution in [3.05, 3.63) is 0 Å². The normalized spacial score (nSPS) is 11.3. The third-order valence-corrected chi connectivity index (χ3v) is 2.82. The highest BCUT2D eigenvalue weighted by Crippen LogP contribution is 2.06. The van der Waals surface area contributed by atoms with Crippen molar-refractivity contribution in [2.24, 2.45) is 0 Å². The molecule has 90 valence electrons. The number of hydrogen-bond donors (Lipinski definition) is 1. The van der Waals surface area contributed by atoms with Crippen molar-refractivity contribution in [3.63, 3.8) is 0 Å². The van der Waals surface area contributed by atoms with Gasteiger partial charge in [0.25, 0.3) is 10.1 Å². The molecule has 0 bridgehead atoms. The fourth-order valence-corrected chi connectivity index (χ4v) is 1.76. The molecule has 0 unspecified atom stereocenters. The fourth-order valence-electron chi connectivity index (χ4n) is 1.19. The first-order chi connectivity index (χ1) is 6.95. The highest BCUT2D eigenvalue weighted by Gasteiger charge is 2.03. The van der Waals surface area contributed by atoms with E-state index in [1.807, 2.05) is 0 Å². The van der Waals surface area contributed by atoms with Gasteiger partial charge in [0.05, 0.1) is 12.9 Å². The van der Waals surface area contributed by atoms with Gasteiger partial charge in [0.15, 0.2) is 0 Å². The summed E-state index contributed by atoms with van der Waals surface area (Å²) in [4.78, 5) is 10.7. The second-order valence-corrected chi connectivity index (χ2v) is 4.95. The standard InChI is InChI=1S/C9H18O5S/c1-14-9(10)7-5-3-2-4-6-8-15(11,12)13/h2-8H2,1H3,(H,11,12,13). The number of carbonyl (C=O) groups is 1. The summed E-state index contributed by atoms with van der Waals surface area (Å²) < 4.78 is 33.6. The average Bonchev–Trinajstić information content (AvgIpc) is 2.14. The summed E-state index contributed by atoms with van der Waals surface area (Å²) in [6.07, 6.45) is 4.14.